The van der Waals surface area contributed by atoms with Crippen molar-refractivity contribution in [3.63, 3.8) is 0 Å². The second-order valence-electron chi connectivity index (χ2n) is 4.56. The molecule has 14 heavy (non-hydrogen) atoms. The third-order valence-electron chi connectivity index (χ3n) is 2.94. The van der Waals surface area contributed by atoms with Crippen molar-refractivity contribution in [2.75, 3.05) is 6.54 Å². The van der Waals surface area contributed by atoms with Crippen molar-refractivity contribution < 1.29 is 0 Å². The van der Waals surface area contributed by atoms with E-state index in [9.17, 15) is 0 Å². The first-order chi connectivity index (χ1) is 6.56. The molecule has 1 fully saturated rings. The summed E-state index contributed by atoms with van der Waals surface area (Å²) in [7, 11) is 0. The lowest BCUT2D eigenvalue weighted by Crippen LogP contribution is -2.47. The molecular formula is C11H22N2S. The first kappa shape index (κ1) is 11.9. The Morgan fingerprint density at radius 3 is 2.36 bits per heavy atom. The van der Waals surface area contributed by atoms with Gasteiger partial charge in [-0.25, -0.2) is 0 Å². The van der Waals surface area contributed by atoms with E-state index in [4.69, 9.17) is 18.0 Å². The summed E-state index contributed by atoms with van der Waals surface area (Å²) in [6, 6.07) is 0.840. The SMILES string of the molecule is CCC(C(N)=S)N(CC1CC1)C(C)C. The molecule has 0 bridgehead atoms. The standard InChI is InChI=1S/C11H22N2S/c1-4-10(11(12)14)13(8(2)3)7-9-5-6-9/h8-10H,4-7H2,1-3H3,(H2,12,14). The Kier molecular flexibility index (Phi) is 4.32. The van der Waals surface area contributed by atoms with Gasteiger partial charge in [-0.05, 0) is 39.0 Å². The second-order valence-corrected chi connectivity index (χ2v) is 5.03. The molecule has 1 saturated carbocycles. The minimum atomic E-state index is 0.297. The molecule has 0 aliphatic heterocycles. The van der Waals surface area contributed by atoms with Gasteiger partial charge >= 0.3 is 0 Å². The summed E-state index contributed by atoms with van der Waals surface area (Å²) in [5.74, 6) is 0.904. The zero-order valence-corrected chi connectivity index (χ0v) is 10.3. The Morgan fingerprint density at radius 1 is 1.50 bits per heavy atom. The van der Waals surface area contributed by atoms with E-state index in [1.165, 1.54) is 19.4 Å². The van der Waals surface area contributed by atoms with E-state index < -0.39 is 0 Å². The average Bonchev–Trinajstić information content (AvgIpc) is 2.86. The molecule has 0 saturated heterocycles. The Hall–Kier alpha value is -0.150. The summed E-state index contributed by atoms with van der Waals surface area (Å²) in [4.78, 5) is 3.11. The molecule has 82 valence electrons. The molecule has 1 rings (SSSR count). The van der Waals surface area contributed by atoms with Gasteiger partial charge in [0, 0.05) is 12.6 Å². The highest BCUT2D eigenvalue weighted by Crippen LogP contribution is 2.31. The number of thiocarbonyl (C=S) groups is 1. The molecule has 0 aromatic rings. The van der Waals surface area contributed by atoms with Gasteiger partial charge in [0.2, 0.25) is 0 Å². The number of nitrogens with two attached hydrogens (primary N) is 1. The zero-order valence-electron chi connectivity index (χ0n) is 9.49. The fourth-order valence-corrected chi connectivity index (χ4v) is 2.20. The van der Waals surface area contributed by atoms with Gasteiger partial charge in [0.25, 0.3) is 0 Å². The van der Waals surface area contributed by atoms with Crippen molar-refractivity contribution >= 4 is 17.2 Å². The summed E-state index contributed by atoms with van der Waals surface area (Å²) >= 11 is 5.12. The highest BCUT2D eigenvalue weighted by Gasteiger charge is 2.29. The summed E-state index contributed by atoms with van der Waals surface area (Å²) in [6.45, 7) is 7.78. The molecule has 0 spiro atoms. The van der Waals surface area contributed by atoms with Crippen molar-refractivity contribution in [2.45, 2.75) is 52.1 Å². The number of rotatable bonds is 6. The van der Waals surface area contributed by atoms with E-state index in [0.29, 0.717) is 17.1 Å². The Balaban J connectivity index is 2.57. The summed E-state index contributed by atoms with van der Waals surface area (Å²) in [6.07, 6.45) is 3.80. The monoisotopic (exact) mass is 214 g/mol. The summed E-state index contributed by atoms with van der Waals surface area (Å²) in [5.41, 5.74) is 5.77. The molecule has 0 amide bonds. The van der Waals surface area contributed by atoms with E-state index in [0.717, 1.165) is 12.3 Å². The minimum Gasteiger partial charge on any atom is -0.392 e. The van der Waals surface area contributed by atoms with Crippen LogP contribution in [-0.4, -0.2) is 28.5 Å². The predicted molar refractivity (Wildman–Crippen MR) is 65.4 cm³/mol. The van der Waals surface area contributed by atoms with Gasteiger partial charge < -0.3 is 5.73 Å². The van der Waals surface area contributed by atoms with Crippen molar-refractivity contribution in [3.8, 4) is 0 Å². The van der Waals surface area contributed by atoms with E-state index in [1.807, 2.05) is 0 Å². The number of nitrogens with zero attached hydrogens (tertiary/aromatic N) is 1. The molecule has 1 aliphatic carbocycles. The lowest BCUT2D eigenvalue weighted by Gasteiger charge is -2.33. The maximum atomic E-state index is 5.77. The highest BCUT2D eigenvalue weighted by atomic mass is 32.1. The molecule has 0 heterocycles. The van der Waals surface area contributed by atoms with E-state index in [2.05, 4.69) is 25.7 Å². The third-order valence-corrected chi connectivity index (χ3v) is 3.22. The smallest absolute Gasteiger partial charge is 0.0902 e. The average molecular weight is 214 g/mol. The van der Waals surface area contributed by atoms with Crippen LogP contribution in [-0.2, 0) is 0 Å². The number of hydrogen-bond acceptors (Lipinski definition) is 2. The van der Waals surface area contributed by atoms with Crippen LogP contribution < -0.4 is 5.73 Å². The predicted octanol–water partition coefficient (Wildman–Crippen LogP) is 2.17. The first-order valence-electron chi connectivity index (χ1n) is 5.61. The van der Waals surface area contributed by atoms with Gasteiger partial charge in [0.1, 0.15) is 0 Å². The van der Waals surface area contributed by atoms with Gasteiger partial charge in [-0.2, -0.15) is 0 Å². The fourth-order valence-electron chi connectivity index (χ4n) is 1.90. The molecule has 0 radical (unpaired) electrons. The second kappa shape index (κ2) is 5.08. The van der Waals surface area contributed by atoms with Crippen molar-refractivity contribution in [2.24, 2.45) is 11.7 Å². The molecule has 2 N–H and O–H groups in total. The van der Waals surface area contributed by atoms with Crippen LogP contribution in [0.3, 0.4) is 0 Å². The van der Waals surface area contributed by atoms with Gasteiger partial charge in [-0.1, -0.05) is 19.1 Å². The van der Waals surface area contributed by atoms with Gasteiger partial charge in [-0.3, -0.25) is 4.90 Å². The van der Waals surface area contributed by atoms with Crippen molar-refractivity contribution in [3.05, 3.63) is 0 Å². The quantitative estimate of drug-likeness (QED) is 0.687. The zero-order chi connectivity index (χ0) is 10.7. The van der Waals surface area contributed by atoms with Crippen LogP contribution in [0.1, 0.15) is 40.0 Å². The van der Waals surface area contributed by atoms with Crippen LogP contribution in [0.25, 0.3) is 0 Å². The maximum Gasteiger partial charge on any atom is 0.0902 e. The molecule has 2 nitrogen and oxygen atoms in total. The molecule has 1 atom stereocenters. The van der Waals surface area contributed by atoms with Crippen molar-refractivity contribution in [1.82, 2.24) is 4.90 Å². The van der Waals surface area contributed by atoms with Crippen LogP contribution in [0.15, 0.2) is 0 Å². The largest absolute Gasteiger partial charge is 0.392 e. The molecular weight excluding hydrogens is 192 g/mol. The Labute approximate surface area is 92.8 Å². The van der Waals surface area contributed by atoms with Crippen LogP contribution in [0.5, 0.6) is 0 Å². The molecule has 1 aliphatic rings. The lowest BCUT2D eigenvalue weighted by atomic mass is 10.1. The van der Waals surface area contributed by atoms with E-state index >= 15 is 0 Å². The summed E-state index contributed by atoms with van der Waals surface area (Å²) < 4.78 is 0. The van der Waals surface area contributed by atoms with E-state index in [-0.39, 0.29) is 0 Å². The third kappa shape index (κ3) is 3.21. The van der Waals surface area contributed by atoms with Crippen LogP contribution in [0.2, 0.25) is 0 Å². The maximum absolute atomic E-state index is 5.77. The van der Waals surface area contributed by atoms with Gasteiger partial charge in [0.05, 0.1) is 11.0 Å². The lowest BCUT2D eigenvalue weighted by molar-refractivity contribution is 0.181. The molecule has 0 aromatic heterocycles. The molecule has 3 heteroatoms. The first-order valence-corrected chi connectivity index (χ1v) is 6.02. The topological polar surface area (TPSA) is 29.3 Å². The van der Waals surface area contributed by atoms with Crippen molar-refractivity contribution in [1.29, 1.82) is 0 Å². The van der Waals surface area contributed by atoms with Crippen LogP contribution in [0.4, 0.5) is 0 Å². The normalized spacial score (nSPS) is 18.9. The Morgan fingerprint density at radius 2 is 2.07 bits per heavy atom. The van der Waals surface area contributed by atoms with Crippen LogP contribution >= 0.6 is 12.2 Å². The molecule has 1 unspecified atom stereocenters. The fraction of sp³-hybridized carbons (Fsp3) is 0.909. The number of hydrogen-bond donors (Lipinski definition) is 1. The highest BCUT2D eigenvalue weighted by molar-refractivity contribution is 7.80. The van der Waals surface area contributed by atoms with Crippen LogP contribution in [0, 0.1) is 5.92 Å². The Bertz CT molecular complexity index is 199. The minimum absolute atomic E-state index is 0.297. The van der Waals surface area contributed by atoms with Gasteiger partial charge in [0.15, 0.2) is 0 Å². The van der Waals surface area contributed by atoms with E-state index in [1.54, 1.807) is 0 Å². The molecule has 0 aromatic carbocycles. The van der Waals surface area contributed by atoms with Gasteiger partial charge in [-0.15, -0.1) is 0 Å². The summed E-state index contributed by atoms with van der Waals surface area (Å²) in [5, 5.41) is 0.